The van der Waals surface area contributed by atoms with Crippen LogP contribution in [-0.2, 0) is 6.54 Å². The van der Waals surface area contributed by atoms with E-state index in [9.17, 15) is 14.9 Å². The van der Waals surface area contributed by atoms with E-state index in [1.807, 2.05) is 0 Å². The Morgan fingerprint density at radius 2 is 2.16 bits per heavy atom. The smallest absolute Gasteiger partial charge is 0.289 e. The Kier molecular flexibility index (Phi) is 4.15. The topological polar surface area (TPSA) is 65.1 Å². The molecule has 1 aliphatic rings. The van der Waals surface area contributed by atoms with Crippen molar-refractivity contribution in [1.82, 2.24) is 4.57 Å². The molecule has 0 saturated heterocycles. The first-order valence-electron chi connectivity index (χ1n) is 6.00. The van der Waals surface area contributed by atoms with Gasteiger partial charge in [-0.1, -0.05) is 22.4 Å². The summed E-state index contributed by atoms with van der Waals surface area (Å²) in [7, 11) is 0. The number of alkyl halides is 1. The summed E-state index contributed by atoms with van der Waals surface area (Å²) in [5.74, 6) is 0. The lowest BCUT2D eigenvalue weighted by molar-refractivity contribution is -0.386. The molecule has 104 valence electrons. The lowest BCUT2D eigenvalue weighted by Crippen LogP contribution is -2.39. The Morgan fingerprint density at radius 3 is 2.58 bits per heavy atom. The molecule has 0 N–H and O–H groups in total. The molecule has 0 unspecified atom stereocenters. The number of halogens is 2. The van der Waals surface area contributed by atoms with E-state index in [0.717, 1.165) is 24.6 Å². The van der Waals surface area contributed by atoms with E-state index in [1.165, 1.54) is 10.8 Å². The Hall–Kier alpha value is -0.690. The molecule has 7 heteroatoms. The highest BCUT2D eigenvalue weighted by atomic mass is 79.9. The van der Waals surface area contributed by atoms with Crippen molar-refractivity contribution >= 4 is 37.5 Å². The summed E-state index contributed by atoms with van der Waals surface area (Å²) in [5, 5.41) is 11.8. The van der Waals surface area contributed by atoms with Crippen molar-refractivity contribution in [2.45, 2.75) is 32.7 Å². The fraction of sp³-hybridized carbons (Fsp3) is 0.583. The van der Waals surface area contributed by atoms with Crippen molar-refractivity contribution in [3.8, 4) is 0 Å². The van der Waals surface area contributed by atoms with Crippen LogP contribution in [0.5, 0.6) is 0 Å². The molecule has 0 aliphatic heterocycles. The van der Waals surface area contributed by atoms with Crippen LogP contribution in [0.25, 0.3) is 0 Å². The van der Waals surface area contributed by atoms with Gasteiger partial charge in [0.2, 0.25) is 0 Å². The van der Waals surface area contributed by atoms with Crippen molar-refractivity contribution in [3.05, 3.63) is 36.7 Å². The zero-order chi connectivity index (χ0) is 14.2. The number of hydrogen-bond donors (Lipinski definition) is 0. The summed E-state index contributed by atoms with van der Waals surface area (Å²) in [6, 6.07) is 0. The molecule has 0 bridgehead atoms. The average molecular weight is 394 g/mol. The predicted molar refractivity (Wildman–Crippen MR) is 79.9 cm³/mol. The lowest BCUT2D eigenvalue weighted by atomic mass is 9.70. The molecule has 0 amide bonds. The van der Waals surface area contributed by atoms with Crippen molar-refractivity contribution in [3.63, 3.8) is 0 Å². The number of pyridine rings is 1. The first kappa shape index (κ1) is 14.7. The summed E-state index contributed by atoms with van der Waals surface area (Å²) in [5.41, 5.74) is 0.227. The zero-order valence-corrected chi connectivity index (χ0v) is 13.7. The number of rotatable bonds is 4. The van der Waals surface area contributed by atoms with E-state index in [4.69, 9.17) is 0 Å². The van der Waals surface area contributed by atoms with Crippen LogP contribution in [0.3, 0.4) is 0 Å². The van der Waals surface area contributed by atoms with Crippen molar-refractivity contribution in [1.29, 1.82) is 0 Å². The van der Waals surface area contributed by atoms with E-state index in [1.54, 1.807) is 6.92 Å². The standard InChI is InChI=1S/C12H14Br2N2O3/c1-8-9(16(18)19)5-15(11(17)10(8)14)7-12(6-13)3-2-4-12/h5H,2-4,6-7H2,1H3. The van der Waals surface area contributed by atoms with Gasteiger partial charge in [0, 0.05) is 17.4 Å². The van der Waals surface area contributed by atoms with Gasteiger partial charge in [-0.3, -0.25) is 14.9 Å². The highest BCUT2D eigenvalue weighted by Gasteiger charge is 2.37. The van der Waals surface area contributed by atoms with Crippen LogP contribution in [0.2, 0.25) is 0 Å². The number of nitrogens with zero attached hydrogens (tertiary/aromatic N) is 2. The van der Waals surface area contributed by atoms with E-state index >= 15 is 0 Å². The third-order valence-electron chi connectivity index (χ3n) is 3.84. The molecule has 2 rings (SSSR count). The molecule has 1 aromatic heterocycles. The molecule has 0 spiro atoms. The van der Waals surface area contributed by atoms with Gasteiger partial charge in [0.1, 0.15) is 0 Å². The van der Waals surface area contributed by atoms with Crippen LogP contribution >= 0.6 is 31.9 Å². The van der Waals surface area contributed by atoms with E-state index in [-0.39, 0.29) is 21.1 Å². The van der Waals surface area contributed by atoms with Gasteiger partial charge in [-0.25, -0.2) is 0 Å². The number of aromatic nitrogens is 1. The molecular formula is C12H14Br2N2O3. The first-order chi connectivity index (χ1) is 8.90. The zero-order valence-electron chi connectivity index (χ0n) is 10.5. The molecule has 1 aromatic rings. The summed E-state index contributed by atoms with van der Waals surface area (Å²) >= 11 is 6.65. The summed E-state index contributed by atoms with van der Waals surface area (Å²) in [6.07, 6.45) is 4.61. The molecule has 0 radical (unpaired) electrons. The molecule has 1 saturated carbocycles. The second-order valence-electron chi connectivity index (χ2n) is 5.13. The van der Waals surface area contributed by atoms with Crippen LogP contribution < -0.4 is 5.56 Å². The highest BCUT2D eigenvalue weighted by Crippen LogP contribution is 2.43. The Morgan fingerprint density at radius 1 is 1.53 bits per heavy atom. The number of nitro groups is 1. The van der Waals surface area contributed by atoms with Gasteiger partial charge < -0.3 is 4.57 Å². The van der Waals surface area contributed by atoms with Crippen LogP contribution in [0, 0.1) is 22.5 Å². The van der Waals surface area contributed by atoms with Crippen molar-refractivity contribution in [2.24, 2.45) is 5.41 Å². The first-order valence-corrected chi connectivity index (χ1v) is 7.91. The van der Waals surface area contributed by atoms with E-state index < -0.39 is 4.92 Å². The maximum atomic E-state index is 12.2. The minimum absolute atomic E-state index is 0.0180. The van der Waals surface area contributed by atoms with Crippen LogP contribution in [-0.4, -0.2) is 14.8 Å². The molecule has 0 aromatic carbocycles. The molecule has 19 heavy (non-hydrogen) atoms. The fourth-order valence-electron chi connectivity index (χ4n) is 2.38. The van der Waals surface area contributed by atoms with Gasteiger partial charge >= 0.3 is 0 Å². The van der Waals surface area contributed by atoms with E-state index in [2.05, 4.69) is 31.9 Å². The molecule has 1 heterocycles. The summed E-state index contributed by atoms with van der Waals surface area (Å²) in [6.45, 7) is 2.11. The largest absolute Gasteiger partial charge is 0.307 e. The van der Waals surface area contributed by atoms with Gasteiger partial charge in [-0.15, -0.1) is 0 Å². The molecular weight excluding hydrogens is 380 g/mol. The second-order valence-corrected chi connectivity index (χ2v) is 6.48. The third-order valence-corrected chi connectivity index (χ3v) is 5.96. The maximum absolute atomic E-state index is 12.2. The number of hydrogen-bond acceptors (Lipinski definition) is 3. The maximum Gasteiger partial charge on any atom is 0.289 e. The monoisotopic (exact) mass is 392 g/mol. The fourth-order valence-corrected chi connectivity index (χ4v) is 3.54. The SMILES string of the molecule is Cc1c([N+](=O)[O-])cn(CC2(CBr)CCC2)c(=O)c1Br. The average Bonchev–Trinajstić information content (AvgIpc) is 2.33. The predicted octanol–water partition coefficient (Wildman–Crippen LogP) is 3.39. The Bertz CT molecular complexity index is 574. The molecule has 1 aliphatic carbocycles. The Labute approximate surface area is 127 Å². The normalized spacial score (nSPS) is 17.0. The van der Waals surface area contributed by atoms with Crippen LogP contribution in [0.4, 0.5) is 5.69 Å². The van der Waals surface area contributed by atoms with Crippen molar-refractivity contribution in [2.75, 3.05) is 5.33 Å². The summed E-state index contributed by atoms with van der Waals surface area (Å²) in [4.78, 5) is 22.7. The summed E-state index contributed by atoms with van der Waals surface area (Å²) < 4.78 is 1.75. The minimum atomic E-state index is -0.447. The van der Waals surface area contributed by atoms with Crippen LogP contribution in [0.1, 0.15) is 24.8 Å². The van der Waals surface area contributed by atoms with E-state index in [0.29, 0.717) is 12.1 Å². The van der Waals surface area contributed by atoms with Crippen molar-refractivity contribution < 1.29 is 4.92 Å². The van der Waals surface area contributed by atoms with Gasteiger partial charge in [0.25, 0.3) is 11.2 Å². The highest BCUT2D eigenvalue weighted by molar-refractivity contribution is 9.10. The van der Waals surface area contributed by atoms with Gasteiger partial charge in [0.15, 0.2) is 0 Å². The van der Waals surface area contributed by atoms with Gasteiger partial charge in [-0.2, -0.15) is 0 Å². The molecule has 5 nitrogen and oxygen atoms in total. The quantitative estimate of drug-likeness (QED) is 0.447. The second kappa shape index (κ2) is 5.36. The molecule has 1 fully saturated rings. The van der Waals surface area contributed by atoms with Gasteiger partial charge in [-0.05, 0) is 41.1 Å². The molecule has 0 atom stereocenters. The van der Waals surface area contributed by atoms with Gasteiger partial charge in [0.05, 0.1) is 15.6 Å². The van der Waals surface area contributed by atoms with Crippen LogP contribution in [0.15, 0.2) is 15.5 Å². The minimum Gasteiger partial charge on any atom is -0.307 e. The third kappa shape index (κ3) is 2.63. The Balaban J connectivity index is 2.46. The lowest BCUT2D eigenvalue weighted by Gasteiger charge is -2.40.